The summed E-state index contributed by atoms with van der Waals surface area (Å²) in [6, 6.07) is 15.7. The van der Waals surface area contributed by atoms with Gasteiger partial charge in [0.15, 0.2) is 0 Å². The van der Waals surface area contributed by atoms with E-state index in [4.69, 9.17) is 4.74 Å². The Balaban J connectivity index is 1.87. The van der Waals surface area contributed by atoms with Crippen molar-refractivity contribution >= 4 is 17.7 Å². The third kappa shape index (κ3) is 4.18. The molecule has 0 saturated carbocycles. The first kappa shape index (κ1) is 17.9. The summed E-state index contributed by atoms with van der Waals surface area (Å²) in [5, 5.41) is 3.66. The molecule has 0 bridgehead atoms. The summed E-state index contributed by atoms with van der Waals surface area (Å²) in [5.74, 6) is 0.829. The molecule has 0 spiro atoms. The second kappa shape index (κ2) is 7.12. The molecular formula is C21H25NO2S. The van der Waals surface area contributed by atoms with Crippen LogP contribution in [-0.2, 0) is 0 Å². The van der Waals surface area contributed by atoms with E-state index < -0.39 is 0 Å². The molecule has 3 nitrogen and oxygen atoms in total. The molecule has 0 fully saturated rings. The topological polar surface area (TPSA) is 38.3 Å². The SMILES string of the molecule is CC(C)Sc1ccccc1C(=O)NC1CC(C)(C)Oc2ccccc21. The number of fused-ring (bicyclic) bond motifs is 1. The van der Waals surface area contributed by atoms with Gasteiger partial charge in [-0.2, -0.15) is 0 Å². The smallest absolute Gasteiger partial charge is 0.252 e. The minimum Gasteiger partial charge on any atom is -0.487 e. The van der Waals surface area contributed by atoms with Crippen molar-refractivity contribution in [2.45, 2.75) is 55.9 Å². The predicted molar refractivity (Wildman–Crippen MR) is 103 cm³/mol. The number of hydrogen-bond acceptors (Lipinski definition) is 3. The summed E-state index contributed by atoms with van der Waals surface area (Å²) in [6.45, 7) is 8.39. The number of para-hydroxylation sites is 1. The van der Waals surface area contributed by atoms with Gasteiger partial charge in [-0.05, 0) is 32.0 Å². The Bertz CT molecular complexity index is 770. The Morgan fingerprint density at radius 2 is 1.84 bits per heavy atom. The summed E-state index contributed by atoms with van der Waals surface area (Å²) >= 11 is 1.72. The Hall–Kier alpha value is -1.94. The van der Waals surface area contributed by atoms with Crippen molar-refractivity contribution in [3.63, 3.8) is 0 Å². The number of nitrogens with one attached hydrogen (secondary N) is 1. The van der Waals surface area contributed by atoms with E-state index in [2.05, 4.69) is 33.0 Å². The normalized spacial score (nSPS) is 18.4. The number of thioether (sulfide) groups is 1. The zero-order valence-electron chi connectivity index (χ0n) is 15.2. The van der Waals surface area contributed by atoms with Gasteiger partial charge >= 0.3 is 0 Å². The molecule has 132 valence electrons. The maximum Gasteiger partial charge on any atom is 0.252 e. The van der Waals surface area contributed by atoms with Crippen LogP contribution in [0.5, 0.6) is 5.75 Å². The number of rotatable bonds is 4. The van der Waals surface area contributed by atoms with Crippen LogP contribution < -0.4 is 10.1 Å². The lowest BCUT2D eigenvalue weighted by atomic mass is 9.89. The van der Waals surface area contributed by atoms with Crippen molar-refractivity contribution in [3.8, 4) is 5.75 Å². The van der Waals surface area contributed by atoms with E-state index in [0.717, 1.165) is 28.2 Å². The van der Waals surface area contributed by atoms with Crippen LogP contribution in [0.2, 0.25) is 0 Å². The lowest BCUT2D eigenvalue weighted by molar-refractivity contribution is 0.0619. The lowest BCUT2D eigenvalue weighted by Gasteiger charge is -2.38. The van der Waals surface area contributed by atoms with E-state index in [1.807, 2.05) is 48.5 Å². The van der Waals surface area contributed by atoms with Crippen LogP contribution in [0.4, 0.5) is 0 Å². The number of hydrogen-bond donors (Lipinski definition) is 1. The maximum atomic E-state index is 13.0. The second-order valence-electron chi connectivity index (χ2n) is 7.29. The number of ether oxygens (including phenoxy) is 1. The molecule has 1 N–H and O–H groups in total. The van der Waals surface area contributed by atoms with Crippen LogP contribution in [0.3, 0.4) is 0 Å². The molecular weight excluding hydrogens is 330 g/mol. The Labute approximate surface area is 154 Å². The molecule has 2 aromatic rings. The summed E-state index contributed by atoms with van der Waals surface area (Å²) in [6.07, 6.45) is 0.745. The quantitative estimate of drug-likeness (QED) is 0.764. The second-order valence-corrected chi connectivity index (χ2v) is 8.91. The number of carbonyl (C=O) groups excluding carboxylic acids is 1. The number of benzene rings is 2. The van der Waals surface area contributed by atoms with E-state index >= 15 is 0 Å². The molecule has 1 heterocycles. The number of carbonyl (C=O) groups is 1. The fourth-order valence-electron chi connectivity index (χ4n) is 3.18. The van der Waals surface area contributed by atoms with E-state index in [1.54, 1.807) is 11.8 Å². The third-order valence-corrected chi connectivity index (χ3v) is 5.26. The minimum absolute atomic E-state index is 0.0266. The van der Waals surface area contributed by atoms with Crippen LogP contribution in [0, 0.1) is 0 Å². The molecule has 3 rings (SSSR count). The van der Waals surface area contributed by atoms with Crippen molar-refractivity contribution in [1.82, 2.24) is 5.32 Å². The van der Waals surface area contributed by atoms with Crippen molar-refractivity contribution in [2.75, 3.05) is 0 Å². The zero-order valence-corrected chi connectivity index (χ0v) is 16.0. The Morgan fingerprint density at radius 1 is 1.16 bits per heavy atom. The summed E-state index contributed by atoms with van der Waals surface area (Å²) in [5.41, 5.74) is 1.48. The molecule has 1 amide bonds. The lowest BCUT2D eigenvalue weighted by Crippen LogP contribution is -2.41. The van der Waals surface area contributed by atoms with Gasteiger partial charge in [-0.25, -0.2) is 0 Å². The standard InChI is InChI=1S/C21H25NO2S/c1-14(2)25-19-12-8-6-10-16(19)20(23)22-17-13-21(3,4)24-18-11-7-5-9-15(17)18/h5-12,14,17H,13H2,1-4H3,(H,22,23). The fourth-order valence-corrected chi connectivity index (χ4v) is 4.13. The molecule has 4 heteroatoms. The molecule has 0 radical (unpaired) electrons. The molecule has 0 aliphatic carbocycles. The van der Waals surface area contributed by atoms with E-state index in [1.165, 1.54) is 0 Å². The first-order valence-corrected chi connectivity index (χ1v) is 9.58. The van der Waals surface area contributed by atoms with E-state index in [9.17, 15) is 4.79 Å². The van der Waals surface area contributed by atoms with Gasteiger partial charge in [0.25, 0.3) is 5.91 Å². The maximum absolute atomic E-state index is 13.0. The predicted octanol–water partition coefficient (Wildman–Crippen LogP) is 5.22. The van der Waals surface area contributed by atoms with Gasteiger partial charge in [0.1, 0.15) is 11.4 Å². The molecule has 0 aromatic heterocycles. The van der Waals surface area contributed by atoms with Crippen LogP contribution in [-0.4, -0.2) is 16.8 Å². The van der Waals surface area contributed by atoms with Crippen molar-refractivity contribution in [3.05, 3.63) is 59.7 Å². The molecule has 1 unspecified atom stereocenters. The van der Waals surface area contributed by atoms with Crippen molar-refractivity contribution in [2.24, 2.45) is 0 Å². The molecule has 2 aromatic carbocycles. The highest BCUT2D eigenvalue weighted by Gasteiger charge is 2.34. The van der Waals surface area contributed by atoms with Crippen molar-refractivity contribution in [1.29, 1.82) is 0 Å². The van der Waals surface area contributed by atoms with E-state index in [0.29, 0.717) is 5.25 Å². The number of amides is 1. The van der Waals surface area contributed by atoms with E-state index in [-0.39, 0.29) is 17.6 Å². The molecule has 1 aliphatic heterocycles. The van der Waals surface area contributed by atoms with Gasteiger partial charge in [-0.3, -0.25) is 4.79 Å². The van der Waals surface area contributed by atoms with Gasteiger partial charge < -0.3 is 10.1 Å². The highest BCUT2D eigenvalue weighted by molar-refractivity contribution is 8.00. The highest BCUT2D eigenvalue weighted by atomic mass is 32.2. The first-order chi connectivity index (χ1) is 11.9. The minimum atomic E-state index is -0.307. The summed E-state index contributed by atoms with van der Waals surface area (Å²) < 4.78 is 6.06. The third-order valence-electron chi connectivity index (χ3n) is 4.18. The first-order valence-electron chi connectivity index (χ1n) is 8.70. The highest BCUT2D eigenvalue weighted by Crippen LogP contribution is 2.39. The van der Waals surface area contributed by atoms with Crippen LogP contribution in [0.25, 0.3) is 0 Å². The van der Waals surface area contributed by atoms with Gasteiger partial charge in [0.2, 0.25) is 0 Å². The average molecular weight is 356 g/mol. The summed E-state index contributed by atoms with van der Waals surface area (Å²) in [7, 11) is 0. The van der Waals surface area contributed by atoms with Gasteiger partial charge in [0, 0.05) is 22.1 Å². The molecule has 25 heavy (non-hydrogen) atoms. The average Bonchev–Trinajstić information content (AvgIpc) is 2.53. The van der Waals surface area contributed by atoms with Gasteiger partial charge in [0.05, 0.1) is 11.6 Å². The van der Waals surface area contributed by atoms with Gasteiger partial charge in [-0.15, -0.1) is 11.8 Å². The monoisotopic (exact) mass is 355 g/mol. The molecule has 0 saturated heterocycles. The van der Waals surface area contributed by atoms with Crippen molar-refractivity contribution < 1.29 is 9.53 Å². The molecule has 1 aliphatic rings. The molecule has 1 atom stereocenters. The van der Waals surface area contributed by atoms with Crippen LogP contribution >= 0.6 is 11.8 Å². The Kier molecular flexibility index (Phi) is 5.09. The Morgan fingerprint density at radius 3 is 2.60 bits per heavy atom. The largest absolute Gasteiger partial charge is 0.487 e. The van der Waals surface area contributed by atoms with Gasteiger partial charge in [-0.1, -0.05) is 44.2 Å². The van der Waals surface area contributed by atoms with Crippen LogP contribution in [0.1, 0.15) is 56.1 Å². The fraction of sp³-hybridized carbons (Fsp3) is 0.381. The van der Waals surface area contributed by atoms with Crippen LogP contribution in [0.15, 0.2) is 53.4 Å². The summed E-state index contributed by atoms with van der Waals surface area (Å²) in [4.78, 5) is 14.0. The zero-order chi connectivity index (χ0) is 18.0.